The number of nitrogens with one attached hydrogen (secondary N) is 2. The number of aromatic amines is 1. The van der Waals surface area contributed by atoms with Gasteiger partial charge in [-0.2, -0.15) is 13.2 Å². The molecule has 0 bridgehead atoms. The van der Waals surface area contributed by atoms with Crippen molar-refractivity contribution in [1.29, 1.82) is 0 Å². The minimum atomic E-state index is -4.28. The van der Waals surface area contributed by atoms with Crippen LogP contribution in [0.5, 0.6) is 0 Å². The SMILES string of the molecule is N[C@@H](Cc1c[nH]c2ccccc12)C(=O)NCCSC(F)(F)F. The zero-order valence-electron chi connectivity index (χ0n) is 11.6. The molecule has 0 unspecified atom stereocenters. The van der Waals surface area contributed by atoms with Gasteiger partial charge >= 0.3 is 5.51 Å². The van der Waals surface area contributed by atoms with Crippen molar-refractivity contribution < 1.29 is 18.0 Å². The highest BCUT2D eigenvalue weighted by atomic mass is 32.2. The number of hydrogen-bond acceptors (Lipinski definition) is 3. The lowest BCUT2D eigenvalue weighted by atomic mass is 10.1. The number of hydrogen-bond donors (Lipinski definition) is 3. The number of para-hydroxylation sites is 1. The molecular weight excluding hydrogens is 315 g/mol. The fourth-order valence-electron chi connectivity index (χ4n) is 2.10. The summed E-state index contributed by atoms with van der Waals surface area (Å²) in [5.41, 5.74) is 3.39. The van der Waals surface area contributed by atoms with Crippen LogP contribution in [-0.4, -0.2) is 34.7 Å². The topological polar surface area (TPSA) is 70.9 Å². The van der Waals surface area contributed by atoms with Gasteiger partial charge in [0.25, 0.3) is 0 Å². The van der Waals surface area contributed by atoms with E-state index >= 15 is 0 Å². The molecule has 1 heterocycles. The Balaban J connectivity index is 1.84. The van der Waals surface area contributed by atoms with Gasteiger partial charge in [0.05, 0.1) is 6.04 Å². The smallest absolute Gasteiger partial charge is 0.361 e. The molecule has 4 N–H and O–H groups in total. The van der Waals surface area contributed by atoms with Crippen LogP contribution < -0.4 is 11.1 Å². The Hall–Kier alpha value is -1.67. The molecule has 120 valence electrons. The second-order valence-corrected chi connectivity index (χ2v) is 5.92. The minimum absolute atomic E-state index is 0.0649. The molecule has 0 aliphatic heterocycles. The van der Waals surface area contributed by atoms with Gasteiger partial charge in [0.2, 0.25) is 5.91 Å². The van der Waals surface area contributed by atoms with Gasteiger partial charge in [0.1, 0.15) is 0 Å². The number of benzene rings is 1. The van der Waals surface area contributed by atoms with Gasteiger partial charge in [-0.25, -0.2) is 0 Å². The first-order chi connectivity index (χ1) is 10.4. The normalized spacial score (nSPS) is 13.3. The highest BCUT2D eigenvalue weighted by Crippen LogP contribution is 2.29. The number of halogens is 3. The Labute approximate surface area is 129 Å². The standard InChI is InChI=1S/C14H16F3N3OS/c15-14(16,17)22-6-5-19-13(21)11(18)7-9-8-20-12-4-2-1-3-10(9)12/h1-4,8,11,20H,5-7,18H2,(H,19,21)/t11-/m0/s1. The first-order valence-corrected chi connectivity index (χ1v) is 7.64. The van der Waals surface area contributed by atoms with E-state index < -0.39 is 17.5 Å². The van der Waals surface area contributed by atoms with Crippen molar-refractivity contribution in [2.24, 2.45) is 5.73 Å². The maximum Gasteiger partial charge on any atom is 0.441 e. The highest BCUT2D eigenvalue weighted by Gasteiger charge is 2.27. The van der Waals surface area contributed by atoms with Gasteiger partial charge in [-0.3, -0.25) is 4.79 Å². The van der Waals surface area contributed by atoms with Crippen LogP contribution >= 0.6 is 11.8 Å². The first-order valence-electron chi connectivity index (χ1n) is 6.66. The summed E-state index contributed by atoms with van der Waals surface area (Å²) in [6.45, 7) is -0.0649. The molecule has 1 atom stereocenters. The average molecular weight is 331 g/mol. The van der Waals surface area contributed by atoms with Gasteiger partial charge in [-0.1, -0.05) is 18.2 Å². The van der Waals surface area contributed by atoms with Gasteiger partial charge < -0.3 is 16.0 Å². The summed E-state index contributed by atoms with van der Waals surface area (Å²) >= 11 is -0.166. The molecule has 0 saturated heterocycles. The number of nitrogens with two attached hydrogens (primary N) is 1. The number of alkyl halides is 3. The minimum Gasteiger partial charge on any atom is -0.361 e. The number of aromatic nitrogens is 1. The van der Waals surface area contributed by atoms with E-state index in [1.54, 1.807) is 6.20 Å². The van der Waals surface area contributed by atoms with Crippen molar-refractivity contribution >= 4 is 28.6 Å². The fourth-order valence-corrected chi connectivity index (χ4v) is 2.54. The molecule has 0 aliphatic carbocycles. The Bertz CT molecular complexity index is 642. The molecule has 1 aromatic heterocycles. The predicted molar refractivity (Wildman–Crippen MR) is 81.5 cm³/mol. The van der Waals surface area contributed by atoms with E-state index in [0.29, 0.717) is 6.42 Å². The summed E-state index contributed by atoms with van der Waals surface area (Å²) in [4.78, 5) is 14.9. The quantitative estimate of drug-likeness (QED) is 0.712. The Morgan fingerprint density at radius 1 is 1.36 bits per heavy atom. The molecule has 8 heteroatoms. The fraction of sp³-hybridized carbons (Fsp3) is 0.357. The van der Waals surface area contributed by atoms with E-state index in [9.17, 15) is 18.0 Å². The molecule has 2 rings (SSSR count). The third-order valence-electron chi connectivity index (χ3n) is 3.12. The molecule has 0 fully saturated rings. The van der Waals surface area contributed by atoms with Crippen molar-refractivity contribution in [3.63, 3.8) is 0 Å². The van der Waals surface area contributed by atoms with Crippen molar-refractivity contribution in [1.82, 2.24) is 10.3 Å². The first kappa shape index (κ1) is 16.7. The lowest BCUT2D eigenvalue weighted by Crippen LogP contribution is -2.42. The Morgan fingerprint density at radius 2 is 2.09 bits per heavy atom. The summed E-state index contributed by atoms with van der Waals surface area (Å²) in [6, 6.07) is 6.83. The lowest BCUT2D eigenvalue weighted by molar-refractivity contribution is -0.122. The van der Waals surface area contributed by atoms with E-state index in [-0.39, 0.29) is 24.1 Å². The molecule has 4 nitrogen and oxygen atoms in total. The van der Waals surface area contributed by atoms with Gasteiger partial charge in [-0.05, 0) is 29.8 Å². The number of fused-ring (bicyclic) bond motifs is 1. The second-order valence-electron chi connectivity index (χ2n) is 4.76. The van der Waals surface area contributed by atoms with Crippen LogP contribution in [0.1, 0.15) is 5.56 Å². The van der Waals surface area contributed by atoms with Crippen LogP contribution in [0.15, 0.2) is 30.5 Å². The van der Waals surface area contributed by atoms with Gasteiger partial charge in [0, 0.05) is 29.4 Å². The Kier molecular flexibility index (Phi) is 5.36. The van der Waals surface area contributed by atoms with Crippen LogP contribution in [0.3, 0.4) is 0 Å². The highest BCUT2D eigenvalue weighted by molar-refractivity contribution is 8.00. The monoisotopic (exact) mass is 331 g/mol. The largest absolute Gasteiger partial charge is 0.441 e. The van der Waals surface area contributed by atoms with Crippen LogP contribution in [-0.2, 0) is 11.2 Å². The number of H-pyrrole nitrogens is 1. The van der Waals surface area contributed by atoms with Crippen molar-refractivity contribution in [2.75, 3.05) is 12.3 Å². The third-order valence-corrected chi connectivity index (χ3v) is 3.85. The number of thioether (sulfide) groups is 1. The van der Waals surface area contributed by atoms with Gasteiger partial charge in [-0.15, -0.1) is 0 Å². The third kappa shape index (κ3) is 4.67. The Morgan fingerprint density at radius 3 is 2.82 bits per heavy atom. The summed E-state index contributed by atoms with van der Waals surface area (Å²) in [7, 11) is 0. The summed E-state index contributed by atoms with van der Waals surface area (Å²) in [5.74, 6) is -0.678. The van der Waals surface area contributed by atoms with E-state index in [4.69, 9.17) is 5.73 Å². The van der Waals surface area contributed by atoms with Crippen LogP contribution in [0.2, 0.25) is 0 Å². The summed E-state index contributed by atoms with van der Waals surface area (Å²) < 4.78 is 35.9. The van der Waals surface area contributed by atoms with E-state index in [2.05, 4.69) is 10.3 Å². The van der Waals surface area contributed by atoms with E-state index in [1.807, 2.05) is 24.3 Å². The number of rotatable bonds is 6. The molecule has 0 radical (unpaired) electrons. The summed E-state index contributed by atoms with van der Waals surface area (Å²) in [5, 5.41) is 3.41. The zero-order chi connectivity index (χ0) is 16.2. The lowest BCUT2D eigenvalue weighted by Gasteiger charge is -2.12. The maximum atomic E-state index is 12.0. The number of amides is 1. The molecule has 0 spiro atoms. The van der Waals surface area contributed by atoms with Crippen molar-refractivity contribution in [3.8, 4) is 0 Å². The molecule has 0 aliphatic rings. The molecule has 0 saturated carbocycles. The van der Waals surface area contributed by atoms with E-state index in [1.165, 1.54) is 0 Å². The zero-order valence-corrected chi connectivity index (χ0v) is 12.4. The van der Waals surface area contributed by atoms with Crippen LogP contribution in [0, 0.1) is 0 Å². The van der Waals surface area contributed by atoms with E-state index in [0.717, 1.165) is 16.5 Å². The van der Waals surface area contributed by atoms with Gasteiger partial charge in [0.15, 0.2) is 0 Å². The van der Waals surface area contributed by atoms with Crippen molar-refractivity contribution in [3.05, 3.63) is 36.0 Å². The maximum absolute atomic E-state index is 12.0. The number of carbonyl (C=O) groups is 1. The molecule has 2 aromatic rings. The molecular formula is C14H16F3N3OS. The number of carbonyl (C=O) groups excluding carboxylic acids is 1. The molecule has 1 aromatic carbocycles. The molecule has 1 amide bonds. The summed E-state index contributed by atoms with van der Waals surface area (Å²) in [6.07, 6.45) is 2.11. The molecule has 22 heavy (non-hydrogen) atoms. The van der Waals surface area contributed by atoms with Crippen LogP contribution in [0.25, 0.3) is 10.9 Å². The second kappa shape index (κ2) is 7.06. The van der Waals surface area contributed by atoms with Crippen molar-refractivity contribution in [2.45, 2.75) is 18.0 Å². The predicted octanol–water partition coefficient (Wildman–Crippen LogP) is 2.41. The van der Waals surface area contributed by atoms with Crippen LogP contribution in [0.4, 0.5) is 13.2 Å². The average Bonchev–Trinajstić information content (AvgIpc) is 2.86.